The van der Waals surface area contributed by atoms with E-state index >= 15 is 0 Å². The number of rotatable bonds is 7. The molecular formula is C22H28N2O3S. The molecule has 1 heterocycles. The highest BCUT2D eigenvalue weighted by molar-refractivity contribution is 7.84. The summed E-state index contributed by atoms with van der Waals surface area (Å²) in [6.07, 6.45) is 1.70. The van der Waals surface area contributed by atoms with Crippen LogP contribution in [0.5, 0.6) is 0 Å². The summed E-state index contributed by atoms with van der Waals surface area (Å²) in [4.78, 5) is 12.6. The zero-order valence-corrected chi connectivity index (χ0v) is 17.3. The number of nitrogens with one attached hydrogen (secondary N) is 2. The highest BCUT2D eigenvalue weighted by Crippen LogP contribution is 2.20. The van der Waals surface area contributed by atoms with Crippen LogP contribution < -0.4 is 10.6 Å². The molecule has 1 saturated heterocycles. The molecule has 0 aliphatic carbocycles. The molecule has 0 bridgehead atoms. The molecule has 1 aliphatic heterocycles. The summed E-state index contributed by atoms with van der Waals surface area (Å²) in [6, 6.07) is 15.4. The van der Waals surface area contributed by atoms with Crippen LogP contribution in [-0.2, 0) is 21.3 Å². The number of amides is 1. The molecule has 1 unspecified atom stereocenters. The SMILES string of the molecule is CC(C)Nc1cccc(C(=O)Nc2cccc(CS(=O)C3CCOCC3)c2)c1. The fourth-order valence-corrected chi connectivity index (χ4v) is 4.71. The van der Waals surface area contributed by atoms with E-state index in [-0.39, 0.29) is 11.2 Å². The minimum absolute atomic E-state index is 0.157. The van der Waals surface area contributed by atoms with Gasteiger partial charge in [-0.15, -0.1) is 0 Å². The van der Waals surface area contributed by atoms with Crippen molar-refractivity contribution in [3.05, 3.63) is 59.7 Å². The Balaban J connectivity index is 1.64. The number of benzene rings is 2. The molecule has 2 N–H and O–H groups in total. The average molecular weight is 401 g/mol. The normalized spacial score (nSPS) is 16.0. The van der Waals surface area contributed by atoms with Crippen LogP contribution >= 0.6 is 0 Å². The van der Waals surface area contributed by atoms with Crippen LogP contribution in [-0.4, -0.2) is 34.6 Å². The average Bonchev–Trinajstić information content (AvgIpc) is 2.68. The maximum Gasteiger partial charge on any atom is 0.255 e. The van der Waals surface area contributed by atoms with Crippen molar-refractivity contribution in [3.8, 4) is 0 Å². The summed E-state index contributed by atoms with van der Waals surface area (Å²) in [5.74, 6) is 0.345. The van der Waals surface area contributed by atoms with Crippen molar-refractivity contribution in [2.45, 2.75) is 43.7 Å². The third-order valence-electron chi connectivity index (χ3n) is 4.61. The molecule has 0 aromatic heterocycles. The molecule has 28 heavy (non-hydrogen) atoms. The van der Waals surface area contributed by atoms with Gasteiger partial charge in [0.15, 0.2) is 0 Å². The second kappa shape index (κ2) is 9.85. The standard InChI is InChI=1S/C22H28N2O3S/c1-16(2)23-20-8-4-6-18(14-20)22(25)24-19-7-3-5-17(13-19)15-28(26)21-9-11-27-12-10-21/h3-8,13-14,16,21,23H,9-12,15H2,1-2H3,(H,24,25). The van der Waals surface area contributed by atoms with Gasteiger partial charge < -0.3 is 15.4 Å². The monoisotopic (exact) mass is 400 g/mol. The molecule has 3 rings (SSSR count). The van der Waals surface area contributed by atoms with Gasteiger partial charge in [0.1, 0.15) is 0 Å². The Morgan fingerprint density at radius 1 is 1.11 bits per heavy atom. The molecule has 150 valence electrons. The van der Waals surface area contributed by atoms with Crippen LogP contribution in [0.3, 0.4) is 0 Å². The van der Waals surface area contributed by atoms with E-state index in [1.807, 2.05) is 42.5 Å². The molecule has 0 saturated carbocycles. The van der Waals surface area contributed by atoms with Crippen molar-refractivity contribution < 1.29 is 13.7 Å². The van der Waals surface area contributed by atoms with Gasteiger partial charge in [0.05, 0.1) is 0 Å². The number of anilines is 2. The first-order chi connectivity index (χ1) is 13.5. The van der Waals surface area contributed by atoms with E-state index in [9.17, 15) is 9.00 Å². The summed E-state index contributed by atoms with van der Waals surface area (Å²) in [6.45, 7) is 5.50. The Morgan fingerprint density at radius 3 is 2.57 bits per heavy atom. The number of carbonyl (C=O) groups excluding carboxylic acids is 1. The molecule has 5 nitrogen and oxygen atoms in total. The van der Waals surface area contributed by atoms with Gasteiger partial charge in [-0.05, 0) is 62.6 Å². The van der Waals surface area contributed by atoms with Crippen LogP contribution in [0.25, 0.3) is 0 Å². The predicted octanol–water partition coefficient (Wildman–Crippen LogP) is 4.19. The van der Waals surface area contributed by atoms with Gasteiger partial charge in [-0.2, -0.15) is 0 Å². The van der Waals surface area contributed by atoms with E-state index in [2.05, 4.69) is 24.5 Å². The predicted molar refractivity (Wildman–Crippen MR) is 115 cm³/mol. The van der Waals surface area contributed by atoms with E-state index in [4.69, 9.17) is 4.74 Å². The minimum atomic E-state index is -0.924. The second-order valence-electron chi connectivity index (χ2n) is 7.37. The molecule has 0 radical (unpaired) electrons. The van der Waals surface area contributed by atoms with Crippen LogP contribution in [0.1, 0.15) is 42.6 Å². The molecule has 1 amide bonds. The van der Waals surface area contributed by atoms with Gasteiger partial charge in [-0.25, -0.2) is 0 Å². The van der Waals surface area contributed by atoms with E-state index in [0.29, 0.717) is 36.3 Å². The topological polar surface area (TPSA) is 67.4 Å². The smallest absolute Gasteiger partial charge is 0.255 e. The summed E-state index contributed by atoms with van der Waals surface area (Å²) in [7, 11) is -0.924. The van der Waals surface area contributed by atoms with Gasteiger partial charge in [-0.3, -0.25) is 9.00 Å². The van der Waals surface area contributed by atoms with Gasteiger partial charge >= 0.3 is 0 Å². The van der Waals surface area contributed by atoms with E-state index in [0.717, 1.165) is 24.1 Å². The summed E-state index contributed by atoms with van der Waals surface area (Å²) < 4.78 is 18.0. The molecule has 1 atom stereocenters. The van der Waals surface area contributed by atoms with Gasteiger partial charge in [0, 0.05) is 58.0 Å². The van der Waals surface area contributed by atoms with E-state index in [1.54, 1.807) is 6.07 Å². The van der Waals surface area contributed by atoms with Gasteiger partial charge in [-0.1, -0.05) is 18.2 Å². The minimum Gasteiger partial charge on any atom is -0.383 e. The Bertz CT molecular complexity index is 832. The van der Waals surface area contributed by atoms with Crippen molar-refractivity contribution in [2.75, 3.05) is 23.8 Å². The summed E-state index contributed by atoms with van der Waals surface area (Å²) >= 11 is 0. The molecule has 1 aliphatic rings. The van der Waals surface area contributed by atoms with Crippen molar-refractivity contribution in [1.29, 1.82) is 0 Å². The van der Waals surface area contributed by atoms with Crippen LogP contribution in [0.2, 0.25) is 0 Å². The van der Waals surface area contributed by atoms with Crippen molar-refractivity contribution in [1.82, 2.24) is 0 Å². The molecule has 2 aromatic carbocycles. The van der Waals surface area contributed by atoms with E-state index in [1.165, 1.54) is 0 Å². The largest absolute Gasteiger partial charge is 0.383 e. The first kappa shape index (κ1) is 20.6. The first-order valence-electron chi connectivity index (χ1n) is 9.73. The maximum absolute atomic E-state index is 12.6. The van der Waals surface area contributed by atoms with Crippen molar-refractivity contribution in [2.24, 2.45) is 0 Å². The Hall–Kier alpha value is -2.18. The Morgan fingerprint density at radius 2 is 1.82 bits per heavy atom. The fourth-order valence-electron chi connectivity index (χ4n) is 3.25. The second-order valence-corrected chi connectivity index (χ2v) is 9.09. The van der Waals surface area contributed by atoms with Crippen LogP contribution in [0.15, 0.2) is 48.5 Å². The number of hydrogen-bond acceptors (Lipinski definition) is 4. The number of hydrogen-bond donors (Lipinski definition) is 2. The lowest BCUT2D eigenvalue weighted by Gasteiger charge is -2.21. The quantitative estimate of drug-likeness (QED) is 0.731. The first-order valence-corrected chi connectivity index (χ1v) is 11.1. The molecular weight excluding hydrogens is 372 g/mol. The lowest BCUT2D eigenvalue weighted by Crippen LogP contribution is -2.25. The van der Waals surface area contributed by atoms with Crippen LogP contribution in [0.4, 0.5) is 11.4 Å². The highest BCUT2D eigenvalue weighted by atomic mass is 32.2. The lowest BCUT2D eigenvalue weighted by atomic mass is 10.1. The Labute approximate surface area is 169 Å². The molecule has 6 heteroatoms. The molecule has 0 spiro atoms. The number of ether oxygens (including phenoxy) is 1. The fraction of sp³-hybridized carbons (Fsp3) is 0.409. The van der Waals surface area contributed by atoms with E-state index < -0.39 is 10.8 Å². The van der Waals surface area contributed by atoms with Gasteiger partial charge in [0.25, 0.3) is 5.91 Å². The van der Waals surface area contributed by atoms with Crippen LogP contribution in [0, 0.1) is 0 Å². The zero-order chi connectivity index (χ0) is 19.9. The Kier molecular flexibility index (Phi) is 7.23. The van der Waals surface area contributed by atoms with Crippen molar-refractivity contribution >= 4 is 28.1 Å². The van der Waals surface area contributed by atoms with Gasteiger partial charge in [0.2, 0.25) is 0 Å². The summed E-state index contributed by atoms with van der Waals surface area (Å²) in [5, 5.41) is 6.45. The third kappa shape index (κ3) is 5.91. The molecule has 2 aromatic rings. The lowest BCUT2D eigenvalue weighted by molar-refractivity contribution is 0.0991. The molecule has 1 fully saturated rings. The highest BCUT2D eigenvalue weighted by Gasteiger charge is 2.20. The zero-order valence-electron chi connectivity index (χ0n) is 16.4. The maximum atomic E-state index is 12.6. The third-order valence-corrected chi connectivity index (χ3v) is 6.45. The van der Waals surface area contributed by atoms with Crippen molar-refractivity contribution in [3.63, 3.8) is 0 Å². The summed E-state index contributed by atoms with van der Waals surface area (Å²) in [5.41, 5.74) is 3.21. The number of carbonyl (C=O) groups is 1.